The SMILES string of the molecule is CC(C)CCN(C)C(=O)c1n[nH]c(C2CC2)c1S(N)(=O)=O. The third kappa shape index (κ3) is 3.62. The molecule has 1 fully saturated rings. The van der Waals surface area contributed by atoms with E-state index in [4.69, 9.17) is 5.14 Å². The van der Waals surface area contributed by atoms with Crippen molar-refractivity contribution in [1.29, 1.82) is 0 Å². The van der Waals surface area contributed by atoms with Gasteiger partial charge in [0.2, 0.25) is 10.0 Å². The summed E-state index contributed by atoms with van der Waals surface area (Å²) in [5.74, 6) is 0.162. The van der Waals surface area contributed by atoms with Crippen molar-refractivity contribution in [1.82, 2.24) is 15.1 Å². The second-order valence-electron chi connectivity index (χ2n) is 6.04. The molecule has 0 bridgehead atoms. The van der Waals surface area contributed by atoms with Gasteiger partial charge in [0.25, 0.3) is 5.91 Å². The Labute approximate surface area is 124 Å². The molecule has 0 saturated heterocycles. The van der Waals surface area contributed by atoms with Crippen LogP contribution in [-0.4, -0.2) is 43.0 Å². The first-order chi connectivity index (χ1) is 9.71. The van der Waals surface area contributed by atoms with Crippen molar-refractivity contribution in [2.75, 3.05) is 13.6 Å². The predicted octanol–water partition coefficient (Wildman–Crippen LogP) is 1.05. The predicted molar refractivity (Wildman–Crippen MR) is 78.4 cm³/mol. The number of nitrogens with zero attached hydrogens (tertiary/aromatic N) is 2. The van der Waals surface area contributed by atoms with Gasteiger partial charge in [-0.25, -0.2) is 13.6 Å². The summed E-state index contributed by atoms with van der Waals surface area (Å²) in [4.78, 5) is 13.8. The van der Waals surface area contributed by atoms with E-state index in [9.17, 15) is 13.2 Å². The molecular formula is C13H22N4O3S. The Hall–Kier alpha value is -1.41. The molecule has 7 nitrogen and oxygen atoms in total. The van der Waals surface area contributed by atoms with Crippen LogP contribution in [0.15, 0.2) is 4.90 Å². The van der Waals surface area contributed by atoms with E-state index >= 15 is 0 Å². The van der Waals surface area contributed by atoms with Crippen molar-refractivity contribution in [3.63, 3.8) is 0 Å². The van der Waals surface area contributed by atoms with Gasteiger partial charge in [0.15, 0.2) is 5.69 Å². The lowest BCUT2D eigenvalue weighted by Gasteiger charge is -2.17. The van der Waals surface area contributed by atoms with E-state index in [-0.39, 0.29) is 16.5 Å². The molecule has 1 aromatic heterocycles. The zero-order chi connectivity index (χ0) is 15.8. The van der Waals surface area contributed by atoms with Crippen LogP contribution in [0.4, 0.5) is 0 Å². The van der Waals surface area contributed by atoms with E-state index in [1.807, 2.05) is 0 Å². The molecule has 8 heteroatoms. The first-order valence-electron chi connectivity index (χ1n) is 7.08. The molecule has 2 rings (SSSR count). The summed E-state index contributed by atoms with van der Waals surface area (Å²) in [5.41, 5.74) is 0.378. The average molecular weight is 314 g/mol. The number of hydrogen-bond donors (Lipinski definition) is 2. The number of H-pyrrole nitrogens is 1. The number of carbonyl (C=O) groups is 1. The third-order valence-electron chi connectivity index (χ3n) is 3.61. The number of amides is 1. The van der Waals surface area contributed by atoms with Crippen molar-refractivity contribution < 1.29 is 13.2 Å². The Balaban J connectivity index is 2.29. The minimum atomic E-state index is -3.98. The van der Waals surface area contributed by atoms with E-state index < -0.39 is 15.9 Å². The van der Waals surface area contributed by atoms with Gasteiger partial charge in [0.05, 0.1) is 5.69 Å². The minimum Gasteiger partial charge on any atom is -0.340 e. The fraction of sp³-hybridized carbons (Fsp3) is 0.692. The van der Waals surface area contributed by atoms with Gasteiger partial charge in [-0.3, -0.25) is 9.89 Å². The highest BCUT2D eigenvalue weighted by Gasteiger charge is 2.36. The Morgan fingerprint density at radius 1 is 1.48 bits per heavy atom. The Morgan fingerprint density at radius 3 is 2.57 bits per heavy atom. The first kappa shape index (κ1) is 16.0. The van der Waals surface area contributed by atoms with Crippen LogP contribution in [0.25, 0.3) is 0 Å². The summed E-state index contributed by atoms with van der Waals surface area (Å²) in [6.45, 7) is 4.67. The quantitative estimate of drug-likeness (QED) is 0.818. The molecule has 0 unspecified atom stereocenters. The molecule has 1 aliphatic carbocycles. The van der Waals surface area contributed by atoms with Crippen molar-refractivity contribution in [2.24, 2.45) is 11.1 Å². The number of nitrogens with two attached hydrogens (primary N) is 1. The van der Waals surface area contributed by atoms with Gasteiger partial charge >= 0.3 is 0 Å². The van der Waals surface area contributed by atoms with E-state index in [1.165, 1.54) is 4.90 Å². The van der Waals surface area contributed by atoms with Crippen molar-refractivity contribution in [3.8, 4) is 0 Å². The summed E-state index contributed by atoms with van der Waals surface area (Å²) < 4.78 is 23.6. The maximum atomic E-state index is 12.4. The van der Waals surface area contributed by atoms with Crippen LogP contribution in [0.2, 0.25) is 0 Å². The summed E-state index contributed by atoms with van der Waals surface area (Å²) in [5, 5.41) is 11.9. The van der Waals surface area contributed by atoms with Crippen LogP contribution in [0, 0.1) is 5.92 Å². The van der Waals surface area contributed by atoms with E-state index in [1.54, 1.807) is 7.05 Å². The molecule has 118 valence electrons. The van der Waals surface area contributed by atoms with Gasteiger partial charge < -0.3 is 4.90 Å². The molecule has 0 aliphatic heterocycles. The monoisotopic (exact) mass is 314 g/mol. The fourth-order valence-corrected chi connectivity index (χ4v) is 3.08. The molecule has 21 heavy (non-hydrogen) atoms. The summed E-state index contributed by atoms with van der Waals surface area (Å²) in [6, 6.07) is 0. The molecule has 1 amide bonds. The molecule has 0 atom stereocenters. The second-order valence-corrected chi connectivity index (χ2v) is 7.54. The first-order valence-corrected chi connectivity index (χ1v) is 8.63. The lowest BCUT2D eigenvalue weighted by atomic mass is 10.1. The standard InChI is InChI=1S/C13H22N4O3S/c1-8(2)6-7-17(3)13(18)11-12(21(14,19)20)10(15-16-11)9-4-5-9/h8-9H,4-7H2,1-3H3,(H,15,16)(H2,14,19,20). The number of hydrogen-bond acceptors (Lipinski definition) is 4. The number of aromatic nitrogens is 2. The summed E-state index contributed by atoms with van der Waals surface area (Å²) >= 11 is 0. The summed E-state index contributed by atoms with van der Waals surface area (Å²) in [7, 11) is -2.33. The molecule has 0 spiro atoms. The molecule has 3 N–H and O–H groups in total. The van der Waals surface area contributed by atoms with E-state index in [0.717, 1.165) is 19.3 Å². The van der Waals surface area contributed by atoms with E-state index in [0.29, 0.717) is 18.2 Å². The Kier molecular flexibility index (Phi) is 4.38. The van der Waals surface area contributed by atoms with Crippen LogP contribution in [0.3, 0.4) is 0 Å². The van der Waals surface area contributed by atoms with Crippen LogP contribution >= 0.6 is 0 Å². The lowest BCUT2D eigenvalue weighted by molar-refractivity contribution is 0.0779. The van der Waals surface area contributed by atoms with Crippen molar-refractivity contribution >= 4 is 15.9 Å². The highest BCUT2D eigenvalue weighted by atomic mass is 32.2. The molecule has 1 saturated carbocycles. The zero-order valence-corrected chi connectivity index (χ0v) is 13.4. The second kappa shape index (κ2) is 5.76. The van der Waals surface area contributed by atoms with Crippen molar-refractivity contribution in [2.45, 2.75) is 43.9 Å². The normalized spacial score (nSPS) is 15.5. The van der Waals surface area contributed by atoms with Gasteiger partial charge in [0.1, 0.15) is 4.90 Å². The highest BCUT2D eigenvalue weighted by molar-refractivity contribution is 7.89. The Morgan fingerprint density at radius 2 is 2.10 bits per heavy atom. The van der Waals surface area contributed by atoms with Gasteiger partial charge in [-0.2, -0.15) is 5.10 Å². The topological polar surface area (TPSA) is 109 Å². The van der Waals surface area contributed by atoms with Gasteiger partial charge in [-0.05, 0) is 25.2 Å². The van der Waals surface area contributed by atoms with Crippen LogP contribution in [-0.2, 0) is 10.0 Å². The molecule has 1 aliphatic rings. The fourth-order valence-electron chi connectivity index (χ4n) is 2.16. The molecule has 0 aromatic carbocycles. The van der Waals surface area contributed by atoms with Crippen molar-refractivity contribution in [3.05, 3.63) is 11.4 Å². The zero-order valence-electron chi connectivity index (χ0n) is 12.6. The largest absolute Gasteiger partial charge is 0.340 e. The smallest absolute Gasteiger partial charge is 0.275 e. The Bertz CT molecular complexity index is 632. The highest BCUT2D eigenvalue weighted by Crippen LogP contribution is 2.42. The number of sulfonamides is 1. The number of primary sulfonamides is 1. The minimum absolute atomic E-state index is 0.0920. The number of aromatic amines is 1. The number of nitrogens with one attached hydrogen (secondary N) is 1. The molecule has 1 aromatic rings. The molecular weight excluding hydrogens is 292 g/mol. The average Bonchev–Trinajstić information content (AvgIpc) is 3.12. The third-order valence-corrected chi connectivity index (χ3v) is 4.59. The maximum absolute atomic E-state index is 12.4. The van der Waals surface area contributed by atoms with Crippen LogP contribution in [0.5, 0.6) is 0 Å². The molecule has 1 heterocycles. The van der Waals surface area contributed by atoms with Gasteiger partial charge in [0, 0.05) is 19.5 Å². The van der Waals surface area contributed by atoms with Gasteiger partial charge in [-0.1, -0.05) is 13.8 Å². The van der Waals surface area contributed by atoms with Gasteiger partial charge in [-0.15, -0.1) is 0 Å². The van der Waals surface area contributed by atoms with Crippen LogP contribution < -0.4 is 5.14 Å². The van der Waals surface area contributed by atoms with Crippen LogP contribution in [0.1, 0.15) is 55.2 Å². The maximum Gasteiger partial charge on any atom is 0.275 e. The number of rotatable bonds is 6. The summed E-state index contributed by atoms with van der Waals surface area (Å²) in [6.07, 6.45) is 2.62. The molecule has 0 radical (unpaired) electrons. The lowest BCUT2D eigenvalue weighted by Crippen LogP contribution is -2.30. The number of carbonyl (C=O) groups excluding carboxylic acids is 1. The van der Waals surface area contributed by atoms with E-state index in [2.05, 4.69) is 24.0 Å².